The summed E-state index contributed by atoms with van der Waals surface area (Å²) in [5, 5.41) is 10.7. The van der Waals surface area contributed by atoms with E-state index in [1.807, 2.05) is 0 Å². The number of hydrogen-bond acceptors (Lipinski definition) is 7. The van der Waals surface area contributed by atoms with Crippen LogP contribution in [-0.4, -0.2) is 45.2 Å². The number of amides is 1. The molecule has 2 aromatic rings. The standard InChI is InChI=1S/C12H18N8O/c1-7(21)15-8-2-4-20(5-3-8)11-9-6-14-19-10(9)16-12(17-11)18-13/h6,8H,2-5,13H2,1H3,(H,15,21)(H2,14,16,17,18,19). The minimum atomic E-state index is 0.0160. The van der Waals surface area contributed by atoms with Gasteiger partial charge < -0.3 is 10.2 Å². The van der Waals surface area contributed by atoms with Gasteiger partial charge in [0.25, 0.3) is 0 Å². The third-order valence-electron chi connectivity index (χ3n) is 3.62. The quantitative estimate of drug-likeness (QED) is 0.453. The van der Waals surface area contributed by atoms with Crippen LogP contribution in [0.15, 0.2) is 6.20 Å². The highest BCUT2D eigenvalue weighted by Gasteiger charge is 2.23. The number of nitrogens with one attached hydrogen (secondary N) is 3. The van der Waals surface area contributed by atoms with Crippen LogP contribution in [0, 0.1) is 0 Å². The molecule has 0 spiro atoms. The lowest BCUT2D eigenvalue weighted by Gasteiger charge is -2.33. The summed E-state index contributed by atoms with van der Waals surface area (Å²) in [7, 11) is 0. The Hall–Kier alpha value is -2.42. The molecule has 0 atom stereocenters. The van der Waals surface area contributed by atoms with E-state index in [1.165, 1.54) is 0 Å². The summed E-state index contributed by atoms with van der Waals surface area (Å²) in [4.78, 5) is 21.9. The second-order valence-corrected chi connectivity index (χ2v) is 5.11. The largest absolute Gasteiger partial charge is 0.356 e. The molecule has 3 rings (SSSR count). The van der Waals surface area contributed by atoms with E-state index in [-0.39, 0.29) is 11.9 Å². The minimum absolute atomic E-state index is 0.0160. The van der Waals surface area contributed by atoms with Crippen LogP contribution in [0.4, 0.5) is 11.8 Å². The number of anilines is 2. The van der Waals surface area contributed by atoms with Gasteiger partial charge in [-0.05, 0) is 12.8 Å². The van der Waals surface area contributed by atoms with Crippen molar-refractivity contribution in [2.24, 2.45) is 5.84 Å². The Kier molecular flexibility index (Phi) is 3.57. The summed E-state index contributed by atoms with van der Waals surface area (Å²) in [6.07, 6.45) is 3.48. The number of piperidine rings is 1. The number of aromatic amines is 1. The second kappa shape index (κ2) is 5.52. The molecule has 0 unspecified atom stereocenters. The van der Waals surface area contributed by atoms with Gasteiger partial charge in [0.2, 0.25) is 11.9 Å². The summed E-state index contributed by atoms with van der Waals surface area (Å²) < 4.78 is 0. The molecule has 0 aromatic carbocycles. The Balaban J connectivity index is 1.81. The molecule has 21 heavy (non-hydrogen) atoms. The van der Waals surface area contributed by atoms with E-state index >= 15 is 0 Å². The van der Waals surface area contributed by atoms with Crippen molar-refractivity contribution in [3.05, 3.63) is 6.20 Å². The molecule has 9 heteroatoms. The Morgan fingerprint density at radius 1 is 1.43 bits per heavy atom. The van der Waals surface area contributed by atoms with Crippen molar-refractivity contribution in [3.63, 3.8) is 0 Å². The number of fused-ring (bicyclic) bond motifs is 1. The van der Waals surface area contributed by atoms with E-state index in [2.05, 4.69) is 35.8 Å². The fourth-order valence-corrected chi connectivity index (χ4v) is 2.65. The maximum atomic E-state index is 11.1. The van der Waals surface area contributed by atoms with Crippen molar-refractivity contribution in [1.29, 1.82) is 0 Å². The van der Waals surface area contributed by atoms with Gasteiger partial charge in [-0.15, -0.1) is 0 Å². The van der Waals surface area contributed by atoms with E-state index in [4.69, 9.17) is 5.84 Å². The molecule has 0 aliphatic carbocycles. The number of hydrogen-bond donors (Lipinski definition) is 4. The molecule has 1 amide bonds. The molecule has 1 fully saturated rings. The Bertz CT molecular complexity index is 646. The molecular formula is C12H18N8O. The highest BCUT2D eigenvalue weighted by molar-refractivity contribution is 5.87. The number of carbonyl (C=O) groups excluding carboxylic acids is 1. The third kappa shape index (κ3) is 2.72. The summed E-state index contributed by atoms with van der Waals surface area (Å²) in [5.74, 6) is 6.59. The molecule has 0 bridgehead atoms. The van der Waals surface area contributed by atoms with E-state index in [0.29, 0.717) is 11.6 Å². The molecular weight excluding hydrogens is 272 g/mol. The van der Waals surface area contributed by atoms with Gasteiger partial charge in [0.1, 0.15) is 5.82 Å². The van der Waals surface area contributed by atoms with Crippen LogP contribution in [-0.2, 0) is 4.79 Å². The average Bonchev–Trinajstić information content (AvgIpc) is 2.94. The normalized spacial score (nSPS) is 16.2. The van der Waals surface area contributed by atoms with E-state index in [9.17, 15) is 4.79 Å². The van der Waals surface area contributed by atoms with Gasteiger partial charge in [-0.3, -0.25) is 15.3 Å². The predicted molar refractivity (Wildman–Crippen MR) is 78.5 cm³/mol. The number of nitrogens with zero attached hydrogens (tertiary/aromatic N) is 4. The first-order valence-corrected chi connectivity index (χ1v) is 6.87. The summed E-state index contributed by atoms with van der Waals surface area (Å²) in [6.45, 7) is 3.17. The molecule has 0 radical (unpaired) electrons. The maximum absolute atomic E-state index is 11.1. The smallest absolute Gasteiger partial charge is 0.241 e. The first kappa shape index (κ1) is 13.6. The van der Waals surface area contributed by atoms with Crippen LogP contribution in [0.5, 0.6) is 0 Å². The molecule has 5 N–H and O–H groups in total. The van der Waals surface area contributed by atoms with Crippen LogP contribution in [0.1, 0.15) is 19.8 Å². The van der Waals surface area contributed by atoms with Crippen molar-refractivity contribution < 1.29 is 4.79 Å². The van der Waals surface area contributed by atoms with Crippen molar-refractivity contribution in [2.75, 3.05) is 23.4 Å². The number of carbonyl (C=O) groups is 1. The van der Waals surface area contributed by atoms with Crippen molar-refractivity contribution in [1.82, 2.24) is 25.5 Å². The zero-order valence-electron chi connectivity index (χ0n) is 11.8. The van der Waals surface area contributed by atoms with Crippen molar-refractivity contribution in [2.45, 2.75) is 25.8 Å². The first-order valence-electron chi connectivity index (χ1n) is 6.87. The fraction of sp³-hybridized carbons (Fsp3) is 0.500. The van der Waals surface area contributed by atoms with Crippen LogP contribution >= 0.6 is 0 Å². The van der Waals surface area contributed by atoms with Crippen LogP contribution in [0.25, 0.3) is 11.0 Å². The lowest BCUT2D eigenvalue weighted by atomic mass is 10.0. The van der Waals surface area contributed by atoms with Gasteiger partial charge in [0, 0.05) is 26.1 Å². The number of nitrogens with two attached hydrogens (primary N) is 1. The molecule has 3 heterocycles. The molecule has 1 aliphatic heterocycles. The van der Waals surface area contributed by atoms with Gasteiger partial charge in [-0.25, -0.2) is 5.84 Å². The van der Waals surface area contributed by atoms with Crippen molar-refractivity contribution >= 4 is 28.7 Å². The summed E-state index contributed by atoms with van der Waals surface area (Å²) >= 11 is 0. The number of H-pyrrole nitrogens is 1. The SMILES string of the molecule is CC(=O)NC1CCN(c2nc(NN)nc3[nH]ncc23)CC1. The minimum Gasteiger partial charge on any atom is -0.356 e. The summed E-state index contributed by atoms with van der Waals surface area (Å²) in [6, 6.07) is 0.229. The van der Waals surface area contributed by atoms with E-state index in [1.54, 1.807) is 13.1 Å². The Morgan fingerprint density at radius 3 is 2.86 bits per heavy atom. The fourth-order valence-electron chi connectivity index (χ4n) is 2.65. The Labute approximate surface area is 121 Å². The zero-order valence-corrected chi connectivity index (χ0v) is 11.8. The monoisotopic (exact) mass is 290 g/mol. The van der Waals surface area contributed by atoms with E-state index < -0.39 is 0 Å². The van der Waals surface area contributed by atoms with Gasteiger partial charge in [-0.1, -0.05) is 0 Å². The topological polar surface area (TPSA) is 125 Å². The average molecular weight is 290 g/mol. The number of aromatic nitrogens is 4. The molecule has 1 aliphatic rings. The molecule has 2 aromatic heterocycles. The summed E-state index contributed by atoms with van der Waals surface area (Å²) in [5.41, 5.74) is 3.12. The van der Waals surface area contributed by atoms with Gasteiger partial charge >= 0.3 is 0 Å². The molecule has 9 nitrogen and oxygen atoms in total. The van der Waals surface area contributed by atoms with Crippen molar-refractivity contribution in [3.8, 4) is 0 Å². The van der Waals surface area contributed by atoms with Crippen LogP contribution < -0.4 is 21.5 Å². The van der Waals surface area contributed by atoms with E-state index in [0.717, 1.165) is 37.1 Å². The predicted octanol–water partition coefficient (Wildman–Crippen LogP) is -0.257. The van der Waals surface area contributed by atoms with Gasteiger partial charge in [0.05, 0.1) is 11.6 Å². The Morgan fingerprint density at radius 2 is 2.19 bits per heavy atom. The van der Waals surface area contributed by atoms with Crippen LogP contribution in [0.3, 0.4) is 0 Å². The molecule has 112 valence electrons. The highest BCUT2D eigenvalue weighted by Crippen LogP contribution is 2.26. The second-order valence-electron chi connectivity index (χ2n) is 5.11. The number of hydrazine groups is 1. The first-order chi connectivity index (χ1) is 10.2. The van der Waals surface area contributed by atoms with Gasteiger partial charge in [0.15, 0.2) is 5.65 Å². The lowest BCUT2D eigenvalue weighted by Crippen LogP contribution is -2.44. The maximum Gasteiger partial charge on any atom is 0.241 e. The number of rotatable bonds is 3. The number of nitrogen functional groups attached to an aromatic ring is 1. The third-order valence-corrected chi connectivity index (χ3v) is 3.62. The lowest BCUT2D eigenvalue weighted by molar-refractivity contribution is -0.119. The van der Waals surface area contributed by atoms with Gasteiger partial charge in [-0.2, -0.15) is 15.1 Å². The van der Waals surface area contributed by atoms with Crippen LogP contribution in [0.2, 0.25) is 0 Å². The molecule has 0 saturated carbocycles. The highest BCUT2D eigenvalue weighted by atomic mass is 16.1. The zero-order chi connectivity index (χ0) is 14.8. The molecule has 1 saturated heterocycles.